The highest BCUT2D eigenvalue weighted by molar-refractivity contribution is 6.39. The Kier molecular flexibility index (Phi) is 6.87. The highest BCUT2D eigenvalue weighted by Gasteiger charge is 2.14. The van der Waals surface area contributed by atoms with E-state index in [1.54, 1.807) is 36.4 Å². The molecule has 0 radical (unpaired) electrons. The number of amides is 3. The lowest BCUT2D eigenvalue weighted by Crippen LogP contribution is -2.36. The molecule has 2 aromatic rings. The summed E-state index contributed by atoms with van der Waals surface area (Å²) in [5.41, 5.74) is 1.66. The molecule has 2 rings (SSSR count). The molecule has 0 aliphatic heterocycles. The SMILES string of the molecule is CC(=O)Nc1cccc(NC(=O)C(=O)NCCC(O)c2ccccc2)c1. The minimum Gasteiger partial charge on any atom is -0.388 e. The van der Waals surface area contributed by atoms with Crippen LogP contribution in [0.1, 0.15) is 25.0 Å². The van der Waals surface area contributed by atoms with E-state index in [1.807, 2.05) is 18.2 Å². The maximum Gasteiger partial charge on any atom is 0.313 e. The molecule has 0 spiro atoms. The van der Waals surface area contributed by atoms with Gasteiger partial charge in [-0.1, -0.05) is 36.4 Å². The highest BCUT2D eigenvalue weighted by atomic mass is 16.3. The Bertz CT molecular complexity index is 777. The fourth-order valence-corrected chi connectivity index (χ4v) is 2.31. The van der Waals surface area contributed by atoms with Gasteiger partial charge in [-0.25, -0.2) is 0 Å². The lowest BCUT2D eigenvalue weighted by Gasteiger charge is -2.12. The van der Waals surface area contributed by atoms with Gasteiger partial charge in [0.05, 0.1) is 6.10 Å². The number of nitrogens with one attached hydrogen (secondary N) is 3. The molecule has 7 heteroatoms. The summed E-state index contributed by atoms with van der Waals surface area (Å²) in [7, 11) is 0. The summed E-state index contributed by atoms with van der Waals surface area (Å²) in [4.78, 5) is 34.8. The van der Waals surface area contributed by atoms with Crippen LogP contribution in [-0.2, 0) is 14.4 Å². The molecular formula is C19H21N3O4. The van der Waals surface area contributed by atoms with E-state index in [0.29, 0.717) is 17.8 Å². The molecular weight excluding hydrogens is 334 g/mol. The van der Waals surface area contributed by atoms with E-state index < -0.39 is 17.9 Å². The number of anilines is 2. The van der Waals surface area contributed by atoms with Crippen molar-refractivity contribution in [2.24, 2.45) is 0 Å². The van der Waals surface area contributed by atoms with Crippen molar-refractivity contribution in [3.63, 3.8) is 0 Å². The van der Waals surface area contributed by atoms with Crippen LogP contribution in [0.3, 0.4) is 0 Å². The van der Waals surface area contributed by atoms with Gasteiger partial charge in [0.2, 0.25) is 5.91 Å². The van der Waals surface area contributed by atoms with Gasteiger partial charge in [0.25, 0.3) is 0 Å². The van der Waals surface area contributed by atoms with E-state index in [-0.39, 0.29) is 12.5 Å². The maximum absolute atomic E-state index is 11.9. The number of rotatable bonds is 6. The normalized spacial score (nSPS) is 11.3. The van der Waals surface area contributed by atoms with Crippen molar-refractivity contribution in [2.75, 3.05) is 17.2 Å². The van der Waals surface area contributed by atoms with Gasteiger partial charge in [-0.05, 0) is 30.2 Å². The van der Waals surface area contributed by atoms with E-state index in [0.717, 1.165) is 5.56 Å². The monoisotopic (exact) mass is 355 g/mol. The third-order valence-electron chi connectivity index (χ3n) is 3.53. The first kappa shape index (κ1) is 19.1. The molecule has 3 amide bonds. The van der Waals surface area contributed by atoms with Crippen LogP contribution in [0, 0.1) is 0 Å². The first-order chi connectivity index (χ1) is 12.5. The quantitative estimate of drug-likeness (QED) is 0.593. The average molecular weight is 355 g/mol. The van der Waals surface area contributed by atoms with Crippen molar-refractivity contribution in [3.05, 3.63) is 60.2 Å². The summed E-state index contributed by atoms with van der Waals surface area (Å²) >= 11 is 0. The third-order valence-corrected chi connectivity index (χ3v) is 3.53. The van der Waals surface area contributed by atoms with Crippen LogP contribution in [0.5, 0.6) is 0 Å². The Morgan fingerprint density at radius 2 is 1.58 bits per heavy atom. The molecule has 0 fully saturated rings. The second-order valence-electron chi connectivity index (χ2n) is 5.69. The molecule has 0 saturated carbocycles. The molecule has 4 N–H and O–H groups in total. The Labute approximate surface area is 151 Å². The summed E-state index contributed by atoms with van der Waals surface area (Å²) in [6.07, 6.45) is -0.421. The van der Waals surface area contributed by atoms with Crippen LogP contribution in [-0.4, -0.2) is 29.4 Å². The zero-order valence-corrected chi connectivity index (χ0v) is 14.4. The maximum atomic E-state index is 11.9. The zero-order chi connectivity index (χ0) is 18.9. The lowest BCUT2D eigenvalue weighted by atomic mass is 10.1. The van der Waals surface area contributed by atoms with E-state index in [4.69, 9.17) is 0 Å². The number of carbonyl (C=O) groups is 3. The van der Waals surface area contributed by atoms with Crippen molar-refractivity contribution < 1.29 is 19.5 Å². The van der Waals surface area contributed by atoms with Crippen LogP contribution >= 0.6 is 0 Å². The molecule has 7 nitrogen and oxygen atoms in total. The number of aliphatic hydroxyl groups is 1. The molecule has 1 unspecified atom stereocenters. The molecule has 26 heavy (non-hydrogen) atoms. The summed E-state index contributed by atoms with van der Waals surface area (Å²) < 4.78 is 0. The fourth-order valence-electron chi connectivity index (χ4n) is 2.31. The Morgan fingerprint density at radius 3 is 2.23 bits per heavy atom. The van der Waals surface area contributed by atoms with Gasteiger partial charge >= 0.3 is 11.8 Å². The van der Waals surface area contributed by atoms with Crippen molar-refractivity contribution >= 4 is 29.1 Å². The number of aliphatic hydroxyl groups excluding tert-OH is 1. The van der Waals surface area contributed by atoms with Gasteiger partial charge < -0.3 is 21.1 Å². The molecule has 0 saturated heterocycles. The Morgan fingerprint density at radius 1 is 0.923 bits per heavy atom. The van der Waals surface area contributed by atoms with E-state index in [9.17, 15) is 19.5 Å². The van der Waals surface area contributed by atoms with Gasteiger partial charge in [0.1, 0.15) is 0 Å². The number of carbonyl (C=O) groups excluding carboxylic acids is 3. The minimum absolute atomic E-state index is 0.161. The van der Waals surface area contributed by atoms with Crippen molar-refractivity contribution in [1.29, 1.82) is 0 Å². The smallest absolute Gasteiger partial charge is 0.313 e. The van der Waals surface area contributed by atoms with E-state index >= 15 is 0 Å². The Balaban J connectivity index is 1.80. The van der Waals surface area contributed by atoms with Crippen LogP contribution in [0.2, 0.25) is 0 Å². The summed E-state index contributed by atoms with van der Waals surface area (Å²) in [6, 6.07) is 15.5. The third kappa shape index (κ3) is 6.03. The summed E-state index contributed by atoms with van der Waals surface area (Å²) in [5.74, 6) is -1.85. The summed E-state index contributed by atoms with van der Waals surface area (Å²) in [5, 5.41) is 17.5. The van der Waals surface area contributed by atoms with Gasteiger partial charge in [-0.15, -0.1) is 0 Å². The molecule has 2 aromatic carbocycles. The molecule has 0 aromatic heterocycles. The standard InChI is InChI=1S/C19H21N3O4/c1-13(23)21-15-8-5-9-16(12-15)22-19(26)18(25)20-11-10-17(24)14-6-3-2-4-7-14/h2-9,12,17,24H,10-11H2,1H3,(H,20,25)(H,21,23)(H,22,26). The van der Waals surface area contributed by atoms with Crippen molar-refractivity contribution in [2.45, 2.75) is 19.4 Å². The van der Waals surface area contributed by atoms with Gasteiger partial charge in [0.15, 0.2) is 0 Å². The van der Waals surface area contributed by atoms with Crippen LogP contribution in [0.15, 0.2) is 54.6 Å². The molecule has 0 aliphatic carbocycles. The number of hydrogen-bond acceptors (Lipinski definition) is 4. The van der Waals surface area contributed by atoms with Crippen molar-refractivity contribution in [1.82, 2.24) is 5.32 Å². The molecule has 136 valence electrons. The second kappa shape index (κ2) is 9.33. The van der Waals surface area contributed by atoms with Gasteiger partial charge in [-0.3, -0.25) is 14.4 Å². The predicted octanol–water partition coefficient (Wildman–Crippen LogP) is 1.82. The van der Waals surface area contributed by atoms with E-state index in [1.165, 1.54) is 6.92 Å². The van der Waals surface area contributed by atoms with E-state index in [2.05, 4.69) is 16.0 Å². The predicted molar refractivity (Wildman–Crippen MR) is 98.4 cm³/mol. The van der Waals surface area contributed by atoms with Crippen LogP contribution in [0.25, 0.3) is 0 Å². The molecule has 0 heterocycles. The van der Waals surface area contributed by atoms with Gasteiger partial charge in [0, 0.05) is 24.8 Å². The average Bonchev–Trinajstić information content (AvgIpc) is 2.62. The van der Waals surface area contributed by atoms with Crippen molar-refractivity contribution in [3.8, 4) is 0 Å². The van der Waals surface area contributed by atoms with Crippen LogP contribution < -0.4 is 16.0 Å². The highest BCUT2D eigenvalue weighted by Crippen LogP contribution is 2.16. The topological polar surface area (TPSA) is 108 Å². The largest absolute Gasteiger partial charge is 0.388 e. The molecule has 0 bridgehead atoms. The minimum atomic E-state index is -0.820. The first-order valence-electron chi connectivity index (χ1n) is 8.15. The number of hydrogen-bond donors (Lipinski definition) is 4. The number of benzene rings is 2. The summed E-state index contributed by atoms with van der Waals surface area (Å²) in [6.45, 7) is 1.54. The zero-order valence-electron chi connectivity index (χ0n) is 14.4. The van der Waals surface area contributed by atoms with Crippen LogP contribution in [0.4, 0.5) is 11.4 Å². The Hall–Kier alpha value is -3.19. The molecule has 1 atom stereocenters. The second-order valence-corrected chi connectivity index (χ2v) is 5.69. The first-order valence-corrected chi connectivity index (χ1v) is 8.15. The lowest BCUT2D eigenvalue weighted by molar-refractivity contribution is -0.136. The fraction of sp³-hybridized carbons (Fsp3) is 0.211. The van der Waals surface area contributed by atoms with Gasteiger partial charge in [-0.2, -0.15) is 0 Å². The molecule has 0 aliphatic rings.